The first-order valence-corrected chi connectivity index (χ1v) is 9.56. The maximum atomic E-state index is 12.6. The molecule has 0 aliphatic carbocycles. The van der Waals surface area contributed by atoms with Gasteiger partial charge >= 0.3 is 11.9 Å². The first kappa shape index (κ1) is 19.3. The summed E-state index contributed by atoms with van der Waals surface area (Å²) < 4.78 is 4.91. The Bertz CT molecular complexity index is 827. The van der Waals surface area contributed by atoms with Crippen LogP contribution in [0.5, 0.6) is 0 Å². The highest BCUT2D eigenvalue weighted by molar-refractivity contribution is 8.00. The van der Waals surface area contributed by atoms with E-state index in [-0.39, 0.29) is 23.6 Å². The number of thioether (sulfide) groups is 1. The largest absolute Gasteiger partial charge is 0.477 e. The first-order valence-electron chi connectivity index (χ1n) is 8.10. The second-order valence-electron chi connectivity index (χ2n) is 6.02. The number of carbonyl (C=O) groups excluding carboxylic acids is 2. The average molecular weight is 407 g/mol. The van der Waals surface area contributed by atoms with Gasteiger partial charge in [0.2, 0.25) is 0 Å². The standard InChI is InChI=1S/C17H17N3O5S2/c1-9(21)25-7-11-8-27-16-13(15(22)20(16)14(11)17(23)24)19-12(26)6-10-2-4-18-5-3-10/h2-5,13,16H,6-8H2,1H3,(H,19,26)(H,23,24). The molecule has 1 saturated heterocycles. The van der Waals surface area contributed by atoms with E-state index in [2.05, 4.69) is 10.3 Å². The molecular weight excluding hydrogens is 390 g/mol. The van der Waals surface area contributed by atoms with Gasteiger partial charge in [0.05, 0.1) is 4.99 Å². The Morgan fingerprint density at radius 1 is 1.44 bits per heavy atom. The van der Waals surface area contributed by atoms with Crippen molar-refractivity contribution in [1.82, 2.24) is 15.2 Å². The number of carboxylic acid groups (broad SMARTS) is 1. The molecule has 142 valence electrons. The molecule has 0 saturated carbocycles. The molecule has 2 atom stereocenters. The van der Waals surface area contributed by atoms with Crippen molar-refractivity contribution in [2.75, 3.05) is 12.4 Å². The van der Waals surface area contributed by atoms with E-state index in [1.165, 1.54) is 23.6 Å². The SMILES string of the molecule is CC(=O)OCC1=C(C(=O)O)N2C(=O)C(NC(=S)Cc3ccncc3)C2SC1. The number of ether oxygens (including phenoxy) is 1. The van der Waals surface area contributed by atoms with Gasteiger partial charge in [0.15, 0.2) is 0 Å². The minimum Gasteiger partial charge on any atom is -0.477 e. The number of amides is 1. The van der Waals surface area contributed by atoms with E-state index >= 15 is 0 Å². The maximum Gasteiger partial charge on any atom is 0.352 e. The fraction of sp³-hybridized carbons (Fsp3) is 0.353. The number of hydrogen-bond donors (Lipinski definition) is 2. The van der Waals surface area contributed by atoms with Crippen molar-refractivity contribution in [2.24, 2.45) is 0 Å². The second-order valence-corrected chi connectivity index (χ2v) is 7.62. The van der Waals surface area contributed by atoms with Crippen molar-refractivity contribution in [3.8, 4) is 0 Å². The number of aromatic nitrogens is 1. The van der Waals surface area contributed by atoms with Crippen molar-refractivity contribution < 1.29 is 24.2 Å². The summed E-state index contributed by atoms with van der Waals surface area (Å²) in [4.78, 5) is 40.9. The number of carboxylic acids is 1. The molecule has 1 aromatic heterocycles. The molecule has 2 N–H and O–H groups in total. The number of nitrogens with one attached hydrogen (secondary N) is 1. The van der Waals surface area contributed by atoms with Gasteiger partial charge in [-0.05, 0) is 17.7 Å². The lowest BCUT2D eigenvalue weighted by atomic mass is 10.0. The minimum absolute atomic E-state index is 0.108. The van der Waals surface area contributed by atoms with Crippen molar-refractivity contribution in [2.45, 2.75) is 24.8 Å². The van der Waals surface area contributed by atoms with E-state index < -0.39 is 18.0 Å². The predicted octanol–water partition coefficient (Wildman–Crippen LogP) is 0.727. The second kappa shape index (κ2) is 8.05. The number of thiocarbonyl (C=S) groups is 1. The average Bonchev–Trinajstić information content (AvgIpc) is 2.64. The Labute approximate surface area is 165 Å². The normalized spacial score (nSPS) is 21.2. The van der Waals surface area contributed by atoms with Gasteiger partial charge in [0.25, 0.3) is 5.91 Å². The summed E-state index contributed by atoms with van der Waals surface area (Å²) in [6.45, 7) is 1.11. The van der Waals surface area contributed by atoms with Crippen LogP contribution in [0, 0.1) is 0 Å². The Morgan fingerprint density at radius 2 is 2.15 bits per heavy atom. The van der Waals surface area contributed by atoms with E-state index in [1.54, 1.807) is 12.4 Å². The van der Waals surface area contributed by atoms with Gasteiger partial charge in [-0.2, -0.15) is 0 Å². The number of rotatable bonds is 6. The van der Waals surface area contributed by atoms with E-state index in [4.69, 9.17) is 17.0 Å². The van der Waals surface area contributed by atoms with Gasteiger partial charge in [-0.25, -0.2) is 4.79 Å². The molecule has 10 heteroatoms. The van der Waals surface area contributed by atoms with Gasteiger partial charge in [0.1, 0.15) is 23.7 Å². The van der Waals surface area contributed by atoms with E-state index in [1.807, 2.05) is 12.1 Å². The van der Waals surface area contributed by atoms with Gasteiger partial charge in [-0.1, -0.05) is 12.2 Å². The van der Waals surface area contributed by atoms with Crippen LogP contribution in [0.3, 0.4) is 0 Å². The van der Waals surface area contributed by atoms with E-state index in [0.717, 1.165) is 5.56 Å². The lowest BCUT2D eigenvalue weighted by Gasteiger charge is -2.49. The monoisotopic (exact) mass is 407 g/mol. The number of esters is 1. The van der Waals surface area contributed by atoms with Gasteiger partial charge in [-0.15, -0.1) is 11.8 Å². The van der Waals surface area contributed by atoms with Gasteiger partial charge < -0.3 is 15.2 Å². The number of hydrogen-bond acceptors (Lipinski definition) is 7. The number of carbonyl (C=O) groups is 3. The highest BCUT2D eigenvalue weighted by atomic mass is 32.2. The number of fused-ring (bicyclic) bond motifs is 1. The molecule has 1 fully saturated rings. The van der Waals surface area contributed by atoms with Gasteiger partial charge in [0, 0.05) is 37.1 Å². The molecule has 0 radical (unpaired) electrons. The fourth-order valence-electron chi connectivity index (χ4n) is 2.89. The topological polar surface area (TPSA) is 109 Å². The molecular formula is C17H17N3O5S2. The summed E-state index contributed by atoms with van der Waals surface area (Å²) in [5, 5.41) is 12.2. The fourth-order valence-corrected chi connectivity index (χ4v) is 4.51. The van der Waals surface area contributed by atoms with Crippen LogP contribution < -0.4 is 5.32 Å². The zero-order valence-electron chi connectivity index (χ0n) is 14.4. The molecule has 2 aliphatic rings. The number of nitrogens with zero attached hydrogens (tertiary/aromatic N) is 2. The Morgan fingerprint density at radius 3 is 2.78 bits per heavy atom. The molecule has 0 aromatic carbocycles. The molecule has 1 amide bonds. The quantitative estimate of drug-likeness (QED) is 0.401. The number of aliphatic carboxylic acids is 1. The Balaban J connectivity index is 1.68. The molecule has 0 spiro atoms. The van der Waals surface area contributed by atoms with Crippen molar-refractivity contribution >= 4 is 46.8 Å². The first-order chi connectivity index (χ1) is 12.9. The number of β-lactam (4-membered cyclic amide) rings is 1. The zero-order chi connectivity index (χ0) is 19.6. The molecule has 3 heterocycles. The highest BCUT2D eigenvalue weighted by Crippen LogP contribution is 2.40. The third-order valence-electron chi connectivity index (χ3n) is 4.13. The van der Waals surface area contributed by atoms with Crippen LogP contribution in [0.2, 0.25) is 0 Å². The lowest BCUT2D eigenvalue weighted by Crippen LogP contribution is -2.70. The van der Waals surface area contributed by atoms with Crippen molar-refractivity contribution in [1.29, 1.82) is 0 Å². The minimum atomic E-state index is -1.21. The van der Waals surface area contributed by atoms with Crippen LogP contribution in [-0.4, -0.2) is 61.6 Å². The van der Waals surface area contributed by atoms with Crippen LogP contribution in [0.25, 0.3) is 0 Å². The predicted molar refractivity (Wildman–Crippen MR) is 102 cm³/mol. The molecule has 27 heavy (non-hydrogen) atoms. The summed E-state index contributed by atoms with van der Waals surface area (Å²) in [5.41, 5.74) is 1.27. The molecule has 8 nitrogen and oxygen atoms in total. The van der Waals surface area contributed by atoms with Crippen molar-refractivity contribution in [3.05, 3.63) is 41.4 Å². The van der Waals surface area contributed by atoms with Crippen LogP contribution in [0.1, 0.15) is 12.5 Å². The van der Waals surface area contributed by atoms with Crippen LogP contribution in [0.15, 0.2) is 35.8 Å². The molecule has 3 rings (SSSR count). The van der Waals surface area contributed by atoms with Crippen molar-refractivity contribution in [3.63, 3.8) is 0 Å². The summed E-state index contributed by atoms with van der Waals surface area (Å²) in [6.07, 6.45) is 3.80. The third-order valence-corrected chi connectivity index (χ3v) is 5.73. The van der Waals surface area contributed by atoms with Crippen LogP contribution in [-0.2, 0) is 25.5 Å². The highest BCUT2D eigenvalue weighted by Gasteiger charge is 2.53. The molecule has 1 aromatic rings. The van der Waals surface area contributed by atoms with Crippen LogP contribution >= 0.6 is 24.0 Å². The molecule has 2 aliphatic heterocycles. The third kappa shape index (κ3) is 4.11. The van der Waals surface area contributed by atoms with Gasteiger partial charge in [-0.3, -0.25) is 19.5 Å². The summed E-state index contributed by atoms with van der Waals surface area (Å²) in [5.74, 6) is -1.72. The summed E-state index contributed by atoms with van der Waals surface area (Å²) in [7, 11) is 0. The maximum absolute atomic E-state index is 12.6. The molecule has 0 bridgehead atoms. The lowest BCUT2D eigenvalue weighted by molar-refractivity contribution is -0.148. The summed E-state index contributed by atoms with van der Waals surface area (Å²) >= 11 is 6.75. The Kier molecular flexibility index (Phi) is 5.76. The molecule has 2 unspecified atom stereocenters. The Hall–Kier alpha value is -2.46. The zero-order valence-corrected chi connectivity index (χ0v) is 16.0. The smallest absolute Gasteiger partial charge is 0.352 e. The summed E-state index contributed by atoms with van der Waals surface area (Å²) in [6, 6.07) is 3.10. The van der Waals surface area contributed by atoms with Crippen LogP contribution in [0.4, 0.5) is 0 Å². The number of pyridine rings is 1. The van der Waals surface area contributed by atoms with E-state index in [0.29, 0.717) is 22.7 Å². The van der Waals surface area contributed by atoms with E-state index in [9.17, 15) is 19.5 Å².